The zero-order chi connectivity index (χ0) is 9.14. The van der Waals surface area contributed by atoms with Crippen molar-refractivity contribution in [3.63, 3.8) is 0 Å². The average Bonchev–Trinajstić information content (AvgIpc) is 2.80. The summed E-state index contributed by atoms with van der Waals surface area (Å²) in [6.07, 6.45) is 1.74. The maximum atomic E-state index is 5.26. The first-order chi connectivity index (χ1) is 5.61. The first kappa shape index (κ1) is 10.4. The van der Waals surface area contributed by atoms with E-state index in [0.717, 1.165) is 20.8 Å². The zero-order valence-electron chi connectivity index (χ0n) is 8.50. The minimum absolute atomic E-state index is 0.520. The van der Waals surface area contributed by atoms with Crippen LogP contribution in [0.25, 0.3) is 0 Å². The number of likely N-dealkylation sites (N-methyl/N-ethyl adjacent to an activating group) is 1. The van der Waals surface area contributed by atoms with Gasteiger partial charge in [0.2, 0.25) is 0 Å². The Morgan fingerprint density at radius 2 is 2.08 bits per heavy atom. The average molecular weight is 189 g/mol. The van der Waals surface area contributed by atoms with E-state index in [0.29, 0.717) is 12.1 Å². The van der Waals surface area contributed by atoms with Crippen molar-refractivity contribution >= 4 is 8.58 Å². The van der Waals surface area contributed by atoms with Crippen LogP contribution in [-0.4, -0.2) is 42.6 Å². The van der Waals surface area contributed by atoms with Gasteiger partial charge in [-0.3, -0.25) is 4.90 Å². The van der Waals surface area contributed by atoms with E-state index in [1.807, 2.05) is 0 Å². The highest BCUT2D eigenvalue weighted by Crippen LogP contribution is 2.23. The lowest BCUT2D eigenvalue weighted by molar-refractivity contribution is 0.237. The van der Waals surface area contributed by atoms with E-state index in [1.54, 1.807) is 0 Å². The van der Waals surface area contributed by atoms with Crippen LogP contribution in [0.2, 0.25) is 0 Å². The highest BCUT2D eigenvalue weighted by molar-refractivity contribution is 7.38. The van der Waals surface area contributed by atoms with Crippen LogP contribution in [0.1, 0.15) is 20.8 Å². The Balaban J connectivity index is 2.13. The van der Waals surface area contributed by atoms with Gasteiger partial charge in [-0.05, 0) is 19.6 Å². The van der Waals surface area contributed by atoms with E-state index in [1.165, 1.54) is 6.29 Å². The van der Waals surface area contributed by atoms with E-state index in [2.05, 4.69) is 32.7 Å². The van der Waals surface area contributed by atoms with Crippen LogP contribution < -0.4 is 0 Å². The Morgan fingerprint density at radius 3 is 2.50 bits per heavy atom. The molecule has 1 saturated heterocycles. The molecule has 0 aromatic heterocycles. The van der Waals surface area contributed by atoms with Gasteiger partial charge >= 0.3 is 0 Å². The summed E-state index contributed by atoms with van der Waals surface area (Å²) >= 11 is 0. The monoisotopic (exact) mass is 189 g/mol. The second kappa shape index (κ2) is 4.55. The van der Waals surface area contributed by atoms with Crippen LogP contribution in [0.15, 0.2) is 0 Å². The number of hydrogen-bond acceptors (Lipinski definition) is 2. The molecular weight excluding hydrogens is 169 g/mol. The summed E-state index contributed by atoms with van der Waals surface area (Å²) in [5, 5.41) is 0. The van der Waals surface area contributed by atoms with Gasteiger partial charge in [-0.15, -0.1) is 8.58 Å². The predicted molar refractivity (Wildman–Crippen MR) is 55.3 cm³/mol. The van der Waals surface area contributed by atoms with Crippen LogP contribution in [0, 0.1) is 0 Å². The van der Waals surface area contributed by atoms with Crippen LogP contribution in [0.3, 0.4) is 0 Å². The van der Waals surface area contributed by atoms with E-state index in [4.69, 9.17) is 4.74 Å². The zero-order valence-corrected chi connectivity index (χ0v) is 9.50. The lowest BCUT2D eigenvalue weighted by atomic mass is 10.2. The minimum Gasteiger partial charge on any atom is -0.371 e. The summed E-state index contributed by atoms with van der Waals surface area (Å²) < 4.78 is 5.26. The van der Waals surface area contributed by atoms with Gasteiger partial charge in [0.1, 0.15) is 0 Å². The predicted octanol–water partition coefficient (Wildman–Crippen LogP) is 1.75. The molecule has 1 fully saturated rings. The summed E-state index contributed by atoms with van der Waals surface area (Å²) in [5.74, 6) is 0. The molecule has 2 nitrogen and oxygen atoms in total. The van der Waals surface area contributed by atoms with Crippen molar-refractivity contribution in [1.29, 1.82) is 0 Å². The molecule has 1 aliphatic rings. The van der Waals surface area contributed by atoms with Crippen molar-refractivity contribution in [3.05, 3.63) is 0 Å². The third kappa shape index (κ3) is 3.38. The summed E-state index contributed by atoms with van der Waals surface area (Å²) in [7, 11) is 3.25. The fourth-order valence-electron chi connectivity index (χ4n) is 1.09. The van der Waals surface area contributed by atoms with Gasteiger partial charge < -0.3 is 4.74 Å². The smallest absolute Gasteiger partial charge is 0.0961 e. The SMILES string of the molecule is CC(C)PCN(C)C(C)C1CO1. The van der Waals surface area contributed by atoms with Gasteiger partial charge in [-0.1, -0.05) is 13.8 Å². The fraction of sp³-hybridized carbons (Fsp3) is 1.00. The largest absolute Gasteiger partial charge is 0.371 e. The van der Waals surface area contributed by atoms with Gasteiger partial charge in [-0.25, -0.2) is 0 Å². The lowest BCUT2D eigenvalue weighted by Crippen LogP contribution is -2.33. The van der Waals surface area contributed by atoms with Crippen LogP contribution in [0.5, 0.6) is 0 Å². The normalized spacial score (nSPS) is 26.0. The summed E-state index contributed by atoms with van der Waals surface area (Å²) in [5.41, 5.74) is 0.833. The Bertz CT molecular complexity index is 136. The first-order valence-corrected chi connectivity index (χ1v) is 5.95. The number of ether oxygens (including phenoxy) is 1. The minimum atomic E-state index is 0.520. The van der Waals surface area contributed by atoms with E-state index >= 15 is 0 Å². The third-order valence-corrected chi connectivity index (χ3v) is 3.84. The van der Waals surface area contributed by atoms with Crippen LogP contribution in [-0.2, 0) is 4.74 Å². The number of hydrogen-bond donors (Lipinski definition) is 0. The number of epoxide rings is 1. The molecular formula is C9H20NOP. The number of nitrogens with zero attached hydrogens (tertiary/aromatic N) is 1. The van der Waals surface area contributed by atoms with Crippen molar-refractivity contribution in [2.75, 3.05) is 19.9 Å². The molecule has 12 heavy (non-hydrogen) atoms. The highest BCUT2D eigenvalue weighted by Gasteiger charge is 2.31. The molecule has 3 unspecified atom stereocenters. The molecule has 1 aliphatic heterocycles. The van der Waals surface area contributed by atoms with E-state index in [9.17, 15) is 0 Å². The number of rotatable bonds is 5. The molecule has 0 aromatic rings. The van der Waals surface area contributed by atoms with Crippen molar-refractivity contribution in [2.45, 2.75) is 38.6 Å². The topological polar surface area (TPSA) is 15.8 Å². The fourth-order valence-corrected chi connectivity index (χ4v) is 2.03. The molecule has 0 saturated carbocycles. The van der Waals surface area contributed by atoms with Gasteiger partial charge in [0, 0.05) is 12.3 Å². The second-order valence-electron chi connectivity index (χ2n) is 3.89. The molecule has 0 N–H and O–H groups in total. The van der Waals surface area contributed by atoms with Gasteiger partial charge in [0.25, 0.3) is 0 Å². The highest BCUT2D eigenvalue weighted by atomic mass is 31.1. The molecule has 0 amide bonds. The van der Waals surface area contributed by atoms with E-state index < -0.39 is 0 Å². The Hall–Kier alpha value is 0.350. The first-order valence-electron chi connectivity index (χ1n) is 4.66. The molecule has 0 aromatic carbocycles. The standard InChI is InChI=1S/C9H20NOP/c1-7(2)12-6-10(4)8(3)9-5-11-9/h7-9,12H,5-6H2,1-4H3. The molecule has 1 heterocycles. The van der Waals surface area contributed by atoms with Crippen LogP contribution in [0.4, 0.5) is 0 Å². The summed E-state index contributed by atoms with van der Waals surface area (Å²) in [4.78, 5) is 2.41. The maximum Gasteiger partial charge on any atom is 0.0961 e. The molecule has 0 aliphatic carbocycles. The second-order valence-corrected chi connectivity index (χ2v) is 5.77. The Labute approximate surface area is 77.4 Å². The van der Waals surface area contributed by atoms with Gasteiger partial charge in [-0.2, -0.15) is 0 Å². The maximum absolute atomic E-state index is 5.26. The molecule has 1 rings (SSSR count). The van der Waals surface area contributed by atoms with Crippen molar-refractivity contribution in [3.8, 4) is 0 Å². The molecule has 72 valence electrons. The van der Waals surface area contributed by atoms with E-state index in [-0.39, 0.29) is 0 Å². The third-order valence-electron chi connectivity index (χ3n) is 2.34. The molecule has 0 bridgehead atoms. The van der Waals surface area contributed by atoms with Gasteiger partial charge in [0.15, 0.2) is 0 Å². The summed E-state index contributed by atoms with van der Waals surface area (Å²) in [6.45, 7) is 7.79. The Kier molecular flexibility index (Phi) is 3.95. The summed E-state index contributed by atoms with van der Waals surface area (Å²) in [6, 6.07) is 0.608. The lowest BCUT2D eigenvalue weighted by Gasteiger charge is -2.23. The molecule has 3 atom stereocenters. The van der Waals surface area contributed by atoms with Gasteiger partial charge in [0.05, 0.1) is 12.7 Å². The van der Waals surface area contributed by atoms with Crippen molar-refractivity contribution in [2.24, 2.45) is 0 Å². The van der Waals surface area contributed by atoms with Crippen molar-refractivity contribution < 1.29 is 4.74 Å². The molecule has 3 heteroatoms. The van der Waals surface area contributed by atoms with Crippen molar-refractivity contribution in [1.82, 2.24) is 4.90 Å². The molecule has 0 radical (unpaired) electrons. The Morgan fingerprint density at radius 1 is 1.50 bits per heavy atom. The molecule has 0 spiro atoms. The quantitative estimate of drug-likeness (QED) is 0.483. The van der Waals surface area contributed by atoms with Crippen LogP contribution >= 0.6 is 8.58 Å².